The number of carbonyl (C=O) groups excluding carboxylic acids is 2. The molecule has 9 nitrogen and oxygen atoms in total. The van der Waals surface area contributed by atoms with Crippen LogP contribution in [0.3, 0.4) is 0 Å². The Morgan fingerprint density at radius 2 is 1.62 bits per heavy atom. The van der Waals surface area contributed by atoms with Crippen LogP contribution in [0.5, 0.6) is 0 Å². The molecule has 0 spiro atoms. The third-order valence-corrected chi connectivity index (χ3v) is 5.58. The summed E-state index contributed by atoms with van der Waals surface area (Å²) in [5, 5.41) is 14.2. The summed E-state index contributed by atoms with van der Waals surface area (Å²) >= 11 is 0. The molecule has 1 unspecified atom stereocenters. The molecule has 1 aliphatic carbocycles. The average Bonchev–Trinajstić information content (AvgIpc) is 3.16. The molecule has 34 heavy (non-hydrogen) atoms. The van der Waals surface area contributed by atoms with E-state index in [4.69, 9.17) is 19.3 Å². The van der Waals surface area contributed by atoms with E-state index in [9.17, 15) is 14.4 Å². The number of fused-ring (bicyclic) bond motifs is 3. The highest BCUT2D eigenvalue weighted by molar-refractivity contribution is 5.86. The molecule has 0 saturated heterocycles. The molecule has 2 aromatic carbocycles. The summed E-state index contributed by atoms with van der Waals surface area (Å²) in [5.74, 6) is -1.67. The van der Waals surface area contributed by atoms with Crippen molar-refractivity contribution in [3.63, 3.8) is 0 Å². The highest BCUT2D eigenvalue weighted by Gasteiger charge is 2.29. The van der Waals surface area contributed by atoms with Crippen molar-refractivity contribution >= 4 is 18.0 Å². The molecule has 3 rings (SSSR count). The van der Waals surface area contributed by atoms with Gasteiger partial charge in [0.2, 0.25) is 5.91 Å². The summed E-state index contributed by atoms with van der Waals surface area (Å²) < 4.78 is 15.6. The van der Waals surface area contributed by atoms with E-state index in [1.165, 1.54) is 0 Å². The van der Waals surface area contributed by atoms with E-state index in [0.717, 1.165) is 22.3 Å². The molecule has 182 valence electrons. The first-order chi connectivity index (χ1) is 16.5. The van der Waals surface area contributed by atoms with Crippen LogP contribution in [0, 0.1) is 0 Å². The Morgan fingerprint density at radius 3 is 2.24 bits per heavy atom. The minimum Gasteiger partial charge on any atom is -0.481 e. The topological polar surface area (TPSA) is 123 Å². The van der Waals surface area contributed by atoms with E-state index in [1.807, 2.05) is 48.5 Å². The number of ether oxygens (including phenoxy) is 3. The summed E-state index contributed by atoms with van der Waals surface area (Å²) in [4.78, 5) is 36.0. The van der Waals surface area contributed by atoms with Crippen LogP contribution in [0.25, 0.3) is 11.1 Å². The molecule has 0 aromatic heterocycles. The van der Waals surface area contributed by atoms with E-state index in [1.54, 1.807) is 7.11 Å². The number of benzene rings is 2. The Labute approximate surface area is 198 Å². The van der Waals surface area contributed by atoms with Crippen molar-refractivity contribution in [1.82, 2.24) is 10.6 Å². The van der Waals surface area contributed by atoms with Crippen LogP contribution in [-0.4, -0.2) is 69.2 Å². The van der Waals surface area contributed by atoms with Gasteiger partial charge in [0.1, 0.15) is 12.6 Å². The smallest absolute Gasteiger partial charge is 0.407 e. The van der Waals surface area contributed by atoms with Gasteiger partial charge >= 0.3 is 12.1 Å². The van der Waals surface area contributed by atoms with E-state index in [0.29, 0.717) is 13.2 Å². The molecule has 0 bridgehead atoms. The number of rotatable bonds is 13. The first-order valence-electron chi connectivity index (χ1n) is 11.2. The predicted molar refractivity (Wildman–Crippen MR) is 125 cm³/mol. The van der Waals surface area contributed by atoms with Gasteiger partial charge < -0.3 is 30.0 Å². The van der Waals surface area contributed by atoms with E-state index < -0.39 is 24.0 Å². The van der Waals surface area contributed by atoms with Gasteiger partial charge in [0.15, 0.2) is 0 Å². The molecule has 0 heterocycles. The van der Waals surface area contributed by atoms with Crippen molar-refractivity contribution in [3.8, 4) is 11.1 Å². The zero-order valence-corrected chi connectivity index (χ0v) is 19.1. The minimum atomic E-state index is -1.06. The monoisotopic (exact) mass is 470 g/mol. The number of aliphatic carboxylic acids is 1. The van der Waals surface area contributed by atoms with E-state index in [2.05, 4.69) is 10.6 Å². The lowest BCUT2D eigenvalue weighted by Gasteiger charge is -2.19. The van der Waals surface area contributed by atoms with Crippen molar-refractivity contribution in [2.24, 2.45) is 0 Å². The first kappa shape index (κ1) is 25.2. The largest absolute Gasteiger partial charge is 0.481 e. The maximum absolute atomic E-state index is 12.5. The summed E-state index contributed by atoms with van der Waals surface area (Å²) in [6, 6.07) is 14.9. The average molecular weight is 471 g/mol. The summed E-state index contributed by atoms with van der Waals surface area (Å²) in [6.07, 6.45) is -1.11. The normalized spacial score (nSPS) is 13.0. The van der Waals surface area contributed by atoms with Gasteiger partial charge in [-0.15, -0.1) is 0 Å². The molecule has 0 radical (unpaired) electrons. The second kappa shape index (κ2) is 12.7. The van der Waals surface area contributed by atoms with Crippen LogP contribution in [0.15, 0.2) is 48.5 Å². The molecule has 0 saturated carbocycles. The van der Waals surface area contributed by atoms with Crippen molar-refractivity contribution < 1.29 is 33.7 Å². The summed E-state index contributed by atoms with van der Waals surface area (Å²) in [7, 11) is 1.56. The predicted octanol–water partition coefficient (Wildman–Crippen LogP) is 2.54. The van der Waals surface area contributed by atoms with E-state index in [-0.39, 0.29) is 38.5 Å². The van der Waals surface area contributed by atoms with Gasteiger partial charge in [0.05, 0.1) is 19.8 Å². The molecule has 1 atom stereocenters. The SMILES string of the molecule is COCCOCCNC(=O)C(CCC(=O)O)NC(=O)OCC1c2ccccc2-c2ccccc21. The Morgan fingerprint density at radius 1 is 0.971 bits per heavy atom. The highest BCUT2D eigenvalue weighted by atomic mass is 16.5. The fraction of sp³-hybridized carbons (Fsp3) is 0.400. The third kappa shape index (κ3) is 6.79. The van der Waals surface area contributed by atoms with Crippen LogP contribution < -0.4 is 10.6 Å². The Balaban J connectivity index is 1.56. The summed E-state index contributed by atoms with van der Waals surface area (Å²) in [6.45, 7) is 1.43. The molecule has 1 aliphatic rings. The molecule has 0 fully saturated rings. The first-order valence-corrected chi connectivity index (χ1v) is 11.2. The number of amides is 2. The minimum absolute atomic E-state index is 0.0596. The van der Waals surface area contributed by atoms with Crippen LogP contribution in [0.4, 0.5) is 4.79 Å². The molecular formula is C25H30N2O7. The second-order valence-electron chi connectivity index (χ2n) is 7.85. The maximum Gasteiger partial charge on any atom is 0.407 e. The fourth-order valence-electron chi connectivity index (χ4n) is 3.93. The number of alkyl carbamates (subject to hydrolysis) is 1. The Bertz CT molecular complexity index is 949. The molecule has 3 N–H and O–H groups in total. The maximum atomic E-state index is 12.5. The lowest BCUT2D eigenvalue weighted by atomic mass is 9.98. The van der Waals surface area contributed by atoms with Gasteiger partial charge in [0.25, 0.3) is 0 Å². The van der Waals surface area contributed by atoms with Gasteiger partial charge in [-0.2, -0.15) is 0 Å². The van der Waals surface area contributed by atoms with Crippen molar-refractivity contribution in [1.29, 1.82) is 0 Å². The Hall–Kier alpha value is -3.43. The van der Waals surface area contributed by atoms with Crippen LogP contribution in [-0.2, 0) is 23.8 Å². The zero-order chi connectivity index (χ0) is 24.3. The fourth-order valence-corrected chi connectivity index (χ4v) is 3.93. The number of hydrogen-bond acceptors (Lipinski definition) is 6. The Kier molecular flexibility index (Phi) is 9.42. The molecule has 9 heteroatoms. The number of methoxy groups -OCH3 is 1. The molecule has 2 aromatic rings. The van der Waals surface area contributed by atoms with Crippen molar-refractivity contribution in [2.75, 3.05) is 40.1 Å². The molecule has 2 amide bonds. The van der Waals surface area contributed by atoms with Crippen LogP contribution in [0.1, 0.15) is 29.9 Å². The van der Waals surface area contributed by atoms with Crippen molar-refractivity contribution in [2.45, 2.75) is 24.8 Å². The van der Waals surface area contributed by atoms with Gasteiger partial charge in [-0.05, 0) is 28.7 Å². The number of carboxylic acid groups (broad SMARTS) is 1. The summed E-state index contributed by atoms with van der Waals surface area (Å²) in [5.41, 5.74) is 4.37. The standard InChI is InChI=1S/C25H30N2O7/c1-32-14-15-33-13-12-26-24(30)22(10-11-23(28)29)27-25(31)34-16-21-19-8-4-2-6-17(19)18-7-3-5-9-20(18)21/h2-9,21-22H,10-16H2,1H3,(H,26,30)(H,27,31)(H,28,29). The van der Waals surface area contributed by atoms with Crippen LogP contribution >= 0.6 is 0 Å². The van der Waals surface area contributed by atoms with Gasteiger partial charge in [0, 0.05) is 26.0 Å². The molecular weight excluding hydrogens is 440 g/mol. The third-order valence-electron chi connectivity index (χ3n) is 5.58. The number of nitrogens with one attached hydrogen (secondary N) is 2. The van der Waals surface area contributed by atoms with Gasteiger partial charge in [-0.1, -0.05) is 48.5 Å². The lowest BCUT2D eigenvalue weighted by molar-refractivity contribution is -0.137. The number of carboxylic acids is 1. The number of hydrogen-bond donors (Lipinski definition) is 3. The van der Waals surface area contributed by atoms with Gasteiger partial charge in [-0.25, -0.2) is 4.79 Å². The van der Waals surface area contributed by atoms with Gasteiger partial charge in [-0.3, -0.25) is 9.59 Å². The zero-order valence-electron chi connectivity index (χ0n) is 19.1. The van der Waals surface area contributed by atoms with E-state index >= 15 is 0 Å². The van der Waals surface area contributed by atoms with Crippen LogP contribution in [0.2, 0.25) is 0 Å². The van der Waals surface area contributed by atoms with Crippen molar-refractivity contribution in [3.05, 3.63) is 59.7 Å². The second-order valence-corrected chi connectivity index (χ2v) is 7.85. The lowest BCUT2D eigenvalue weighted by Crippen LogP contribution is -2.48. The number of carbonyl (C=O) groups is 3. The molecule has 0 aliphatic heterocycles. The quantitative estimate of drug-likeness (QED) is 0.385. The highest BCUT2D eigenvalue weighted by Crippen LogP contribution is 2.44.